The molecule has 0 aliphatic carbocycles. The lowest BCUT2D eigenvalue weighted by Gasteiger charge is -2.12. The smallest absolute Gasteiger partial charge is 0.269 e. The van der Waals surface area contributed by atoms with E-state index in [4.69, 9.17) is 9.15 Å². The van der Waals surface area contributed by atoms with Crippen molar-refractivity contribution in [2.24, 2.45) is 0 Å². The summed E-state index contributed by atoms with van der Waals surface area (Å²) in [6.07, 6.45) is 6.11. The normalized spacial score (nSPS) is 11.6. The molecular weight excluding hydrogens is 474 g/mol. The Bertz CT molecular complexity index is 1760. The van der Waals surface area contributed by atoms with Crippen LogP contribution >= 0.6 is 0 Å². The Morgan fingerprint density at radius 1 is 0.806 bits per heavy atom. The van der Waals surface area contributed by atoms with Crippen molar-refractivity contribution in [2.45, 2.75) is 4.90 Å². The maximum atomic E-state index is 13.5. The van der Waals surface area contributed by atoms with E-state index in [-0.39, 0.29) is 10.5 Å². The summed E-state index contributed by atoms with van der Waals surface area (Å²) in [4.78, 5) is 9.00. The van der Waals surface area contributed by atoms with Gasteiger partial charge in [-0.3, -0.25) is 0 Å². The molecule has 0 atom stereocenters. The van der Waals surface area contributed by atoms with E-state index in [0.29, 0.717) is 28.3 Å². The number of aromatic nitrogens is 3. The van der Waals surface area contributed by atoms with Gasteiger partial charge in [-0.2, -0.15) is 0 Å². The molecule has 3 heterocycles. The molecule has 0 saturated carbocycles. The van der Waals surface area contributed by atoms with Crippen LogP contribution in [0.5, 0.6) is 11.5 Å². The lowest BCUT2D eigenvalue weighted by atomic mass is 10.0. The SMILES string of the molecule is O=S(=O)(c1ccccc1)n1cc(-c2ncco2)c2cc(-c3ccccc3Oc3ccccc3)cnc21. The van der Waals surface area contributed by atoms with Gasteiger partial charge in [-0.15, -0.1) is 0 Å². The van der Waals surface area contributed by atoms with Crippen LogP contribution in [-0.2, 0) is 10.0 Å². The monoisotopic (exact) mass is 493 g/mol. The van der Waals surface area contributed by atoms with Gasteiger partial charge in [0.05, 0.1) is 16.7 Å². The molecule has 0 aliphatic heterocycles. The standard InChI is InChI=1S/C28H19N3O4S/c32-36(33,22-11-5-2-6-12-22)31-19-25(28-29-15-16-34-28)24-17-20(18-30-27(24)31)23-13-7-8-14-26(23)35-21-9-3-1-4-10-21/h1-19H. The summed E-state index contributed by atoms with van der Waals surface area (Å²) in [6, 6.07) is 27.3. The molecule has 3 aromatic carbocycles. The summed E-state index contributed by atoms with van der Waals surface area (Å²) in [5, 5.41) is 0.587. The third-order valence-electron chi connectivity index (χ3n) is 5.74. The number of rotatable bonds is 6. The minimum absolute atomic E-state index is 0.160. The Hall–Kier alpha value is -4.69. The van der Waals surface area contributed by atoms with E-state index in [1.54, 1.807) is 36.5 Å². The third kappa shape index (κ3) is 3.83. The molecule has 8 heteroatoms. The molecule has 0 fully saturated rings. The predicted molar refractivity (Wildman–Crippen MR) is 136 cm³/mol. The average molecular weight is 494 g/mol. The number of hydrogen-bond acceptors (Lipinski definition) is 6. The van der Waals surface area contributed by atoms with Gasteiger partial charge in [-0.05, 0) is 36.4 Å². The fourth-order valence-electron chi connectivity index (χ4n) is 4.05. The highest BCUT2D eigenvalue weighted by atomic mass is 32.2. The molecule has 36 heavy (non-hydrogen) atoms. The van der Waals surface area contributed by atoms with Crippen LogP contribution in [0.4, 0.5) is 0 Å². The van der Waals surface area contributed by atoms with E-state index in [1.165, 1.54) is 22.6 Å². The van der Waals surface area contributed by atoms with Crippen LogP contribution in [0.2, 0.25) is 0 Å². The van der Waals surface area contributed by atoms with Crippen molar-refractivity contribution in [3.8, 4) is 34.1 Å². The molecule has 0 bridgehead atoms. The Morgan fingerprint density at radius 3 is 2.28 bits per heavy atom. The van der Waals surface area contributed by atoms with E-state index in [0.717, 1.165) is 11.1 Å². The number of hydrogen-bond donors (Lipinski definition) is 0. The summed E-state index contributed by atoms with van der Waals surface area (Å²) in [5.74, 6) is 1.66. The van der Waals surface area contributed by atoms with E-state index in [9.17, 15) is 8.42 Å². The molecule has 0 N–H and O–H groups in total. The number of oxazole rings is 1. The molecule has 0 radical (unpaired) electrons. The lowest BCUT2D eigenvalue weighted by Crippen LogP contribution is -2.12. The fourth-order valence-corrected chi connectivity index (χ4v) is 5.40. The maximum absolute atomic E-state index is 13.5. The van der Waals surface area contributed by atoms with Gasteiger partial charge in [0, 0.05) is 28.9 Å². The van der Waals surface area contributed by atoms with Crippen LogP contribution in [0.1, 0.15) is 0 Å². The van der Waals surface area contributed by atoms with Crippen molar-refractivity contribution in [2.75, 3.05) is 0 Å². The van der Waals surface area contributed by atoms with Crippen molar-refractivity contribution in [3.63, 3.8) is 0 Å². The van der Waals surface area contributed by atoms with Crippen LogP contribution in [0, 0.1) is 0 Å². The number of ether oxygens (including phenoxy) is 1. The van der Waals surface area contributed by atoms with Gasteiger partial charge in [0.15, 0.2) is 5.65 Å². The highest BCUT2D eigenvalue weighted by Gasteiger charge is 2.24. The molecular formula is C28H19N3O4S. The predicted octanol–water partition coefficient (Wildman–Crippen LogP) is 6.39. The summed E-state index contributed by atoms with van der Waals surface area (Å²) in [5.41, 5.74) is 2.37. The van der Waals surface area contributed by atoms with Gasteiger partial charge in [-0.1, -0.05) is 54.6 Å². The summed E-state index contributed by atoms with van der Waals surface area (Å²) in [7, 11) is -3.90. The van der Waals surface area contributed by atoms with Crippen molar-refractivity contribution in [1.82, 2.24) is 13.9 Å². The molecule has 176 valence electrons. The second-order valence-electron chi connectivity index (χ2n) is 8.00. The molecule has 6 rings (SSSR count). The second kappa shape index (κ2) is 8.83. The van der Waals surface area contributed by atoms with Crippen LogP contribution in [-0.4, -0.2) is 22.4 Å². The number of pyridine rings is 1. The molecule has 7 nitrogen and oxygen atoms in total. The number of benzene rings is 3. The number of nitrogens with zero attached hydrogens (tertiary/aromatic N) is 3. The Balaban J connectivity index is 1.53. The van der Waals surface area contributed by atoms with Gasteiger partial charge in [0.25, 0.3) is 10.0 Å². The molecule has 6 aromatic rings. The first-order valence-electron chi connectivity index (χ1n) is 11.2. The average Bonchev–Trinajstić information content (AvgIpc) is 3.58. The van der Waals surface area contributed by atoms with Crippen molar-refractivity contribution < 1.29 is 17.6 Å². The minimum Gasteiger partial charge on any atom is -0.457 e. The van der Waals surface area contributed by atoms with Gasteiger partial charge < -0.3 is 9.15 Å². The highest BCUT2D eigenvalue weighted by molar-refractivity contribution is 7.90. The number of para-hydroxylation sites is 2. The Morgan fingerprint density at radius 2 is 1.53 bits per heavy atom. The van der Waals surface area contributed by atoms with Crippen molar-refractivity contribution in [1.29, 1.82) is 0 Å². The molecule has 0 amide bonds. The van der Waals surface area contributed by atoms with Crippen LogP contribution < -0.4 is 4.74 Å². The first kappa shape index (κ1) is 21.8. The maximum Gasteiger partial charge on any atom is 0.269 e. The molecule has 0 spiro atoms. The van der Waals surface area contributed by atoms with Crippen LogP contribution in [0.15, 0.2) is 125 Å². The van der Waals surface area contributed by atoms with E-state index in [2.05, 4.69) is 9.97 Å². The third-order valence-corrected chi connectivity index (χ3v) is 7.41. The van der Waals surface area contributed by atoms with Crippen LogP contribution in [0.3, 0.4) is 0 Å². The molecule has 3 aromatic heterocycles. The highest BCUT2D eigenvalue weighted by Crippen LogP contribution is 2.37. The Labute approximate surface area is 207 Å². The zero-order chi connectivity index (χ0) is 24.5. The molecule has 0 unspecified atom stereocenters. The lowest BCUT2D eigenvalue weighted by molar-refractivity contribution is 0.484. The van der Waals surface area contributed by atoms with Gasteiger partial charge >= 0.3 is 0 Å². The quantitative estimate of drug-likeness (QED) is 0.267. The minimum atomic E-state index is -3.90. The zero-order valence-electron chi connectivity index (χ0n) is 18.9. The van der Waals surface area contributed by atoms with E-state index < -0.39 is 10.0 Å². The second-order valence-corrected chi connectivity index (χ2v) is 9.82. The van der Waals surface area contributed by atoms with E-state index in [1.807, 2.05) is 60.7 Å². The summed E-state index contributed by atoms with van der Waals surface area (Å²) in [6.45, 7) is 0. The van der Waals surface area contributed by atoms with Gasteiger partial charge in [-0.25, -0.2) is 22.4 Å². The largest absolute Gasteiger partial charge is 0.457 e. The topological polar surface area (TPSA) is 87.2 Å². The van der Waals surface area contributed by atoms with Crippen molar-refractivity contribution >= 4 is 21.1 Å². The van der Waals surface area contributed by atoms with E-state index >= 15 is 0 Å². The fraction of sp³-hybridized carbons (Fsp3) is 0. The van der Waals surface area contributed by atoms with Crippen molar-refractivity contribution in [3.05, 3.63) is 116 Å². The summed E-state index contributed by atoms with van der Waals surface area (Å²) < 4.78 is 39.8. The summed E-state index contributed by atoms with van der Waals surface area (Å²) >= 11 is 0. The first-order valence-corrected chi connectivity index (χ1v) is 12.6. The van der Waals surface area contributed by atoms with Crippen LogP contribution in [0.25, 0.3) is 33.6 Å². The molecule has 0 aliphatic rings. The zero-order valence-corrected chi connectivity index (χ0v) is 19.7. The van der Waals surface area contributed by atoms with Gasteiger partial charge in [0.1, 0.15) is 17.8 Å². The first-order chi connectivity index (χ1) is 17.6. The van der Waals surface area contributed by atoms with Gasteiger partial charge in [0.2, 0.25) is 5.89 Å². The molecule has 0 saturated heterocycles. The number of fused-ring (bicyclic) bond motifs is 1. The Kier molecular flexibility index (Phi) is 5.35.